The van der Waals surface area contributed by atoms with Gasteiger partial charge in [-0.1, -0.05) is 30.1 Å². The van der Waals surface area contributed by atoms with Crippen LogP contribution in [0.4, 0.5) is 5.69 Å². The number of nitrogens with zero attached hydrogens (tertiary/aromatic N) is 1. The lowest BCUT2D eigenvalue weighted by Gasteiger charge is -2.20. The molecule has 1 N–H and O–H groups in total. The summed E-state index contributed by atoms with van der Waals surface area (Å²) in [5.41, 5.74) is 1.99. The highest BCUT2D eigenvalue weighted by Gasteiger charge is 2.17. The highest BCUT2D eigenvalue weighted by Crippen LogP contribution is 2.30. The SMILES string of the molecule is CCN1CCCC(Nc2cc(Cl)c(C)cc2Cl)CC1. The number of benzene rings is 1. The van der Waals surface area contributed by atoms with Crippen molar-refractivity contribution < 1.29 is 0 Å². The minimum absolute atomic E-state index is 0.493. The number of anilines is 1. The van der Waals surface area contributed by atoms with E-state index in [9.17, 15) is 0 Å². The molecule has 106 valence electrons. The van der Waals surface area contributed by atoms with E-state index in [-0.39, 0.29) is 0 Å². The Labute approximate surface area is 126 Å². The Bertz CT molecular complexity index is 434. The van der Waals surface area contributed by atoms with Gasteiger partial charge >= 0.3 is 0 Å². The minimum Gasteiger partial charge on any atom is -0.381 e. The fourth-order valence-electron chi connectivity index (χ4n) is 2.59. The van der Waals surface area contributed by atoms with Crippen molar-refractivity contribution in [2.45, 2.75) is 39.2 Å². The molecule has 0 aliphatic carbocycles. The van der Waals surface area contributed by atoms with E-state index in [2.05, 4.69) is 17.1 Å². The summed E-state index contributed by atoms with van der Waals surface area (Å²) in [7, 11) is 0. The molecular weight excluding hydrogens is 279 g/mol. The predicted octanol–water partition coefficient (Wildman–Crippen LogP) is 4.59. The number of nitrogens with one attached hydrogen (secondary N) is 1. The Hall–Kier alpha value is -0.440. The molecule has 1 saturated heterocycles. The molecule has 0 aromatic heterocycles. The number of hydrogen-bond acceptors (Lipinski definition) is 2. The summed E-state index contributed by atoms with van der Waals surface area (Å²) in [6.07, 6.45) is 3.59. The second-order valence-corrected chi connectivity index (χ2v) is 6.10. The van der Waals surface area contributed by atoms with E-state index < -0.39 is 0 Å². The van der Waals surface area contributed by atoms with Crippen LogP contribution in [-0.2, 0) is 0 Å². The van der Waals surface area contributed by atoms with Gasteiger partial charge < -0.3 is 10.2 Å². The van der Waals surface area contributed by atoms with E-state index in [0.29, 0.717) is 6.04 Å². The predicted molar refractivity (Wildman–Crippen MR) is 84.6 cm³/mol. The summed E-state index contributed by atoms with van der Waals surface area (Å²) in [5.74, 6) is 0. The van der Waals surface area contributed by atoms with E-state index >= 15 is 0 Å². The van der Waals surface area contributed by atoms with Crippen LogP contribution in [0.5, 0.6) is 0 Å². The summed E-state index contributed by atoms with van der Waals surface area (Å²) < 4.78 is 0. The first-order chi connectivity index (χ1) is 9.10. The lowest BCUT2D eigenvalue weighted by Crippen LogP contribution is -2.26. The summed E-state index contributed by atoms with van der Waals surface area (Å²) in [6, 6.07) is 4.37. The number of rotatable bonds is 3. The monoisotopic (exact) mass is 300 g/mol. The molecular formula is C15H22Cl2N2. The quantitative estimate of drug-likeness (QED) is 0.878. The van der Waals surface area contributed by atoms with Gasteiger partial charge in [-0.2, -0.15) is 0 Å². The molecule has 0 radical (unpaired) electrons. The first-order valence-corrected chi connectivity index (χ1v) is 7.80. The van der Waals surface area contributed by atoms with Gasteiger partial charge in [-0.3, -0.25) is 0 Å². The van der Waals surface area contributed by atoms with Crippen molar-refractivity contribution >= 4 is 28.9 Å². The van der Waals surface area contributed by atoms with Crippen molar-refractivity contribution in [3.63, 3.8) is 0 Å². The molecule has 0 bridgehead atoms. The van der Waals surface area contributed by atoms with Crippen LogP contribution < -0.4 is 5.32 Å². The number of hydrogen-bond donors (Lipinski definition) is 1. The molecule has 1 aliphatic rings. The van der Waals surface area contributed by atoms with Gasteiger partial charge in [-0.25, -0.2) is 0 Å². The van der Waals surface area contributed by atoms with Gasteiger partial charge in [0.2, 0.25) is 0 Å². The third kappa shape index (κ3) is 4.01. The summed E-state index contributed by atoms with van der Waals surface area (Å²) >= 11 is 12.5. The lowest BCUT2D eigenvalue weighted by atomic mass is 10.1. The molecule has 0 amide bonds. The van der Waals surface area contributed by atoms with Gasteiger partial charge in [0.15, 0.2) is 0 Å². The second kappa shape index (κ2) is 6.83. The lowest BCUT2D eigenvalue weighted by molar-refractivity contribution is 0.300. The molecule has 1 aromatic rings. The zero-order valence-corrected chi connectivity index (χ0v) is 13.2. The second-order valence-electron chi connectivity index (χ2n) is 5.29. The topological polar surface area (TPSA) is 15.3 Å². The van der Waals surface area contributed by atoms with E-state index in [4.69, 9.17) is 23.2 Å². The number of aryl methyl sites for hydroxylation is 1. The fourth-order valence-corrected chi connectivity index (χ4v) is 3.03. The van der Waals surface area contributed by atoms with Crippen molar-refractivity contribution in [1.29, 1.82) is 0 Å². The Kier molecular flexibility index (Phi) is 5.37. The van der Waals surface area contributed by atoms with Crippen molar-refractivity contribution in [3.8, 4) is 0 Å². The largest absolute Gasteiger partial charge is 0.381 e. The van der Waals surface area contributed by atoms with Crippen LogP contribution in [0.25, 0.3) is 0 Å². The fraction of sp³-hybridized carbons (Fsp3) is 0.600. The average Bonchev–Trinajstić information content (AvgIpc) is 2.61. The summed E-state index contributed by atoms with van der Waals surface area (Å²) in [5, 5.41) is 5.10. The standard InChI is InChI=1S/C15H22Cl2N2/c1-3-19-7-4-5-12(6-8-19)18-15-10-13(16)11(2)9-14(15)17/h9-10,12,18H,3-8H2,1-2H3. The maximum Gasteiger partial charge on any atom is 0.0641 e. The zero-order valence-electron chi connectivity index (χ0n) is 11.7. The first-order valence-electron chi connectivity index (χ1n) is 7.04. The van der Waals surface area contributed by atoms with E-state index in [1.54, 1.807) is 0 Å². The molecule has 1 heterocycles. The van der Waals surface area contributed by atoms with E-state index in [0.717, 1.165) is 40.8 Å². The maximum atomic E-state index is 6.29. The Morgan fingerprint density at radius 3 is 2.74 bits per heavy atom. The minimum atomic E-state index is 0.493. The zero-order chi connectivity index (χ0) is 13.8. The molecule has 1 aliphatic heterocycles. The van der Waals surface area contributed by atoms with Crippen molar-refractivity contribution in [2.75, 3.05) is 25.0 Å². The normalized spacial score (nSPS) is 21.2. The van der Waals surface area contributed by atoms with Gasteiger partial charge in [-0.15, -0.1) is 0 Å². The molecule has 19 heavy (non-hydrogen) atoms. The van der Waals surface area contributed by atoms with E-state index in [1.807, 2.05) is 19.1 Å². The van der Waals surface area contributed by atoms with Crippen LogP contribution >= 0.6 is 23.2 Å². The van der Waals surface area contributed by atoms with Crippen LogP contribution in [0.3, 0.4) is 0 Å². The van der Waals surface area contributed by atoms with Crippen LogP contribution in [0.1, 0.15) is 31.7 Å². The van der Waals surface area contributed by atoms with E-state index in [1.165, 1.54) is 19.4 Å². The Balaban J connectivity index is 2.03. The van der Waals surface area contributed by atoms with Crippen LogP contribution in [0.15, 0.2) is 12.1 Å². The maximum absolute atomic E-state index is 6.29. The van der Waals surface area contributed by atoms with Crippen LogP contribution in [0.2, 0.25) is 10.0 Å². The summed E-state index contributed by atoms with van der Waals surface area (Å²) in [4.78, 5) is 2.51. The molecule has 2 nitrogen and oxygen atoms in total. The molecule has 1 atom stereocenters. The molecule has 0 saturated carbocycles. The highest BCUT2D eigenvalue weighted by atomic mass is 35.5. The number of halogens is 2. The Morgan fingerprint density at radius 1 is 1.21 bits per heavy atom. The van der Waals surface area contributed by atoms with Gasteiger partial charge in [0.05, 0.1) is 10.7 Å². The third-order valence-electron chi connectivity index (χ3n) is 3.88. The van der Waals surface area contributed by atoms with Gasteiger partial charge in [0.25, 0.3) is 0 Å². The van der Waals surface area contributed by atoms with Gasteiger partial charge in [-0.05, 0) is 57.0 Å². The van der Waals surface area contributed by atoms with Gasteiger partial charge in [0, 0.05) is 17.6 Å². The molecule has 1 aromatic carbocycles. The Morgan fingerprint density at radius 2 is 2.00 bits per heavy atom. The highest BCUT2D eigenvalue weighted by molar-refractivity contribution is 6.35. The molecule has 1 unspecified atom stereocenters. The molecule has 4 heteroatoms. The first kappa shape index (κ1) is 15.0. The van der Waals surface area contributed by atoms with Crippen molar-refractivity contribution in [1.82, 2.24) is 4.90 Å². The van der Waals surface area contributed by atoms with Crippen molar-refractivity contribution in [3.05, 3.63) is 27.7 Å². The van der Waals surface area contributed by atoms with Crippen LogP contribution in [0, 0.1) is 6.92 Å². The summed E-state index contributed by atoms with van der Waals surface area (Å²) in [6.45, 7) is 7.71. The number of likely N-dealkylation sites (tertiary alicyclic amines) is 1. The van der Waals surface area contributed by atoms with Crippen LogP contribution in [-0.4, -0.2) is 30.6 Å². The smallest absolute Gasteiger partial charge is 0.0641 e. The van der Waals surface area contributed by atoms with Gasteiger partial charge in [0.1, 0.15) is 0 Å². The average molecular weight is 301 g/mol. The molecule has 2 rings (SSSR count). The van der Waals surface area contributed by atoms with Crippen molar-refractivity contribution in [2.24, 2.45) is 0 Å². The third-order valence-corrected chi connectivity index (χ3v) is 4.60. The molecule has 1 fully saturated rings. The molecule has 0 spiro atoms.